The number of pyridine rings is 1. The first kappa shape index (κ1) is 13.3. The summed E-state index contributed by atoms with van der Waals surface area (Å²) in [5.41, 5.74) is 2.50. The number of H-pyrrole nitrogens is 1. The normalized spacial score (nSPS) is 15.5. The Morgan fingerprint density at radius 1 is 1.05 bits per heavy atom. The molecule has 4 rings (SSSR count). The molecule has 0 bridgehead atoms. The van der Waals surface area contributed by atoms with Crippen molar-refractivity contribution >= 4 is 22.4 Å². The van der Waals surface area contributed by atoms with Crippen molar-refractivity contribution in [2.45, 2.75) is 38.5 Å². The quantitative estimate of drug-likeness (QED) is 0.737. The third-order valence-corrected chi connectivity index (χ3v) is 4.53. The summed E-state index contributed by atoms with van der Waals surface area (Å²) in [7, 11) is 0. The van der Waals surface area contributed by atoms with E-state index in [1.807, 2.05) is 6.20 Å². The lowest BCUT2D eigenvalue weighted by molar-refractivity contribution is 0.693. The van der Waals surface area contributed by atoms with Crippen molar-refractivity contribution in [2.75, 3.05) is 5.32 Å². The largest absolute Gasteiger partial charge is 0.323 e. The topological polar surface area (TPSA) is 53.6 Å². The SMILES string of the molecule is Cc1ccc2cnc(Nc3cc(C4CCCC4)[nH]n3)cc2c1. The van der Waals surface area contributed by atoms with E-state index in [9.17, 15) is 0 Å². The lowest BCUT2D eigenvalue weighted by Gasteiger charge is -2.05. The van der Waals surface area contributed by atoms with Crippen molar-refractivity contribution < 1.29 is 0 Å². The molecule has 4 nitrogen and oxygen atoms in total. The number of aryl methyl sites for hydroxylation is 1. The number of hydrogen-bond acceptors (Lipinski definition) is 3. The van der Waals surface area contributed by atoms with Gasteiger partial charge in [-0.1, -0.05) is 36.6 Å². The first-order valence-electron chi connectivity index (χ1n) is 7.97. The molecular weight excluding hydrogens is 272 g/mol. The van der Waals surface area contributed by atoms with Crippen molar-refractivity contribution in [1.29, 1.82) is 0 Å². The van der Waals surface area contributed by atoms with Crippen LogP contribution in [0.3, 0.4) is 0 Å². The van der Waals surface area contributed by atoms with Crippen molar-refractivity contribution in [3.63, 3.8) is 0 Å². The molecule has 0 amide bonds. The number of anilines is 2. The minimum atomic E-state index is 0.648. The maximum Gasteiger partial charge on any atom is 0.153 e. The van der Waals surface area contributed by atoms with Crippen LogP contribution in [0.2, 0.25) is 0 Å². The van der Waals surface area contributed by atoms with E-state index in [4.69, 9.17) is 0 Å². The van der Waals surface area contributed by atoms with Crippen LogP contribution in [0.1, 0.15) is 42.9 Å². The molecule has 2 aromatic heterocycles. The van der Waals surface area contributed by atoms with E-state index in [0.29, 0.717) is 5.92 Å². The Morgan fingerprint density at radius 3 is 2.77 bits per heavy atom. The minimum absolute atomic E-state index is 0.648. The van der Waals surface area contributed by atoms with Gasteiger partial charge < -0.3 is 5.32 Å². The van der Waals surface area contributed by atoms with Gasteiger partial charge in [0.05, 0.1) is 0 Å². The van der Waals surface area contributed by atoms with Gasteiger partial charge in [-0.05, 0) is 31.2 Å². The Balaban J connectivity index is 1.57. The van der Waals surface area contributed by atoms with Crippen LogP contribution >= 0.6 is 0 Å². The number of rotatable bonds is 3. The van der Waals surface area contributed by atoms with Gasteiger partial charge in [-0.3, -0.25) is 5.10 Å². The maximum absolute atomic E-state index is 4.47. The second-order valence-corrected chi connectivity index (χ2v) is 6.24. The maximum atomic E-state index is 4.47. The van der Waals surface area contributed by atoms with Gasteiger partial charge in [0.1, 0.15) is 5.82 Å². The van der Waals surface area contributed by atoms with Gasteiger partial charge in [0.25, 0.3) is 0 Å². The van der Waals surface area contributed by atoms with Crippen LogP contribution in [0.5, 0.6) is 0 Å². The molecule has 0 saturated heterocycles. The van der Waals surface area contributed by atoms with E-state index >= 15 is 0 Å². The molecule has 0 radical (unpaired) electrons. The average Bonchev–Trinajstić information content (AvgIpc) is 3.17. The fraction of sp³-hybridized carbons (Fsp3) is 0.333. The first-order chi connectivity index (χ1) is 10.8. The summed E-state index contributed by atoms with van der Waals surface area (Å²) in [4.78, 5) is 4.47. The molecule has 1 aromatic carbocycles. The number of nitrogens with zero attached hydrogens (tertiary/aromatic N) is 2. The lowest BCUT2D eigenvalue weighted by atomic mass is 10.0. The summed E-state index contributed by atoms with van der Waals surface area (Å²) in [5, 5.41) is 13.2. The van der Waals surface area contributed by atoms with Gasteiger partial charge >= 0.3 is 0 Å². The Hall–Kier alpha value is -2.36. The Morgan fingerprint density at radius 2 is 1.91 bits per heavy atom. The van der Waals surface area contributed by atoms with Crippen LogP contribution < -0.4 is 5.32 Å². The van der Waals surface area contributed by atoms with E-state index in [-0.39, 0.29) is 0 Å². The zero-order chi connectivity index (χ0) is 14.9. The molecule has 1 aliphatic carbocycles. The van der Waals surface area contributed by atoms with Crippen LogP contribution in [0, 0.1) is 6.92 Å². The van der Waals surface area contributed by atoms with Gasteiger partial charge in [-0.15, -0.1) is 0 Å². The summed E-state index contributed by atoms with van der Waals surface area (Å²) in [5.74, 6) is 2.33. The molecule has 2 heterocycles. The van der Waals surface area contributed by atoms with Gasteiger partial charge in [0, 0.05) is 29.3 Å². The highest BCUT2D eigenvalue weighted by atomic mass is 15.2. The average molecular weight is 292 g/mol. The van der Waals surface area contributed by atoms with Crippen LogP contribution in [0.25, 0.3) is 10.8 Å². The van der Waals surface area contributed by atoms with Crippen LogP contribution in [0.15, 0.2) is 36.5 Å². The summed E-state index contributed by atoms with van der Waals surface area (Å²) >= 11 is 0. The van der Waals surface area contributed by atoms with Gasteiger partial charge in [-0.2, -0.15) is 5.10 Å². The first-order valence-corrected chi connectivity index (χ1v) is 7.97. The third-order valence-electron chi connectivity index (χ3n) is 4.53. The van der Waals surface area contributed by atoms with Crippen LogP contribution in [-0.4, -0.2) is 15.2 Å². The molecule has 0 atom stereocenters. The molecule has 0 spiro atoms. The lowest BCUT2D eigenvalue weighted by Crippen LogP contribution is -1.93. The Bertz CT molecular complexity index is 800. The molecular formula is C18H20N4. The molecule has 1 aliphatic rings. The highest BCUT2D eigenvalue weighted by Gasteiger charge is 2.19. The summed E-state index contributed by atoms with van der Waals surface area (Å²) in [6.07, 6.45) is 7.11. The number of hydrogen-bond donors (Lipinski definition) is 2. The van der Waals surface area contributed by atoms with Crippen molar-refractivity contribution in [1.82, 2.24) is 15.2 Å². The van der Waals surface area contributed by atoms with E-state index < -0.39 is 0 Å². The van der Waals surface area contributed by atoms with E-state index in [1.54, 1.807) is 0 Å². The predicted octanol–water partition coefficient (Wildman–Crippen LogP) is 4.67. The second kappa shape index (κ2) is 5.44. The van der Waals surface area contributed by atoms with E-state index in [0.717, 1.165) is 17.0 Å². The van der Waals surface area contributed by atoms with Gasteiger partial charge in [0.2, 0.25) is 0 Å². The highest BCUT2D eigenvalue weighted by molar-refractivity contribution is 5.85. The molecule has 0 unspecified atom stereocenters. The summed E-state index contributed by atoms with van der Waals surface area (Å²) in [6, 6.07) is 10.6. The smallest absolute Gasteiger partial charge is 0.153 e. The number of benzene rings is 1. The fourth-order valence-electron chi connectivity index (χ4n) is 3.31. The molecule has 0 aliphatic heterocycles. The summed E-state index contributed by atoms with van der Waals surface area (Å²) < 4.78 is 0. The van der Waals surface area contributed by atoms with Crippen LogP contribution in [0.4, 0.5) is 11.6 Å². The molecule has 22 heavy (non-hydrogen) atoms. The number of nitrogens with one attached hydrogen (secondary N) is 2. The molecule has 112 valence electrons. The van der Waals surface area contributed by atoms with E-state index in [2.05, 4.69) is 57.8 Å². The Kier molecular flexibility index (Phi) is 3.29. The van der Waals surface area contributed by atoms with Gasteiger partial charge in [-0.25, -0.2) is 4.98 Å². The molecule has 4 heteroatoms. The number of aromatic amines is 1. The van der Waals surface area contributed by atoms with Crippen molar-refractivity contribution in [2.24, 2.45) is 0 Å². The van der Waals surface area contributed by atoms with E-state index in [1.165, 1.54) is 42.3 Å². The molecule has 3 aromatic rings. The van der Waals surface area contributed by atoms with Crippen molar-refractivity contribution in [3.05, 3.63) is 47.8 Å². The molecule has 1 fully saturated rings. The van der Waals surface area contributed by atoms with Crippen molar-refractivity contribution in [3.8, 4) is 0 Å². The van der Waals surface area contributed by atoms with Crippen LogP contribution in [-0.2, 0) is 0 Å². The zero-order valence-electron chi connectivity index (χ0n) is 12.8. The zero-order valence-corrected chi connectivity index (χ0v) is 12.8. The number of fused-ring (bicyclic) bond motifs is 1. The Labute approximate surface area is 130 Å². The number of aromatic nitrogens is 3. The fourth-order valence-corrected chi connectivity index (χ4v) is 3.31. The standard InChI is InChI=1S/C18H20N4/c1-12-6-7-14-11-19-17(9-15(14)8-12)20-18-10-16(21-22-18)13-4-2-3-5-13/h6-11,13H,2-5H2,1H3,(H2,19,20,21,22). The minimum Gasteiger partial charge on any atom is -0.323 e. The molecule has 1 saturated carbocycles. The second-order valence-electron chi connectivity index (χ2n) is 6.24. The summed E-state index contributed by atoms with van der Waals surface area (Å²) in [6.45, 7) is 2.11. The highest BCUT2D eigenvalue weighted by Crippen LogP contribution is 2.34. The molecule has 2 N–H and O–H groups in total. The monoisotopic (exact) mass is 292 g/mol. The van der Waals surface area contributed by atoms with Gasteiger partial charge in [0.15, 0.2) is 5.82 Å². The predicted molar refractivity (Wildman–Crippen MR) is 89.6 cm³/mol. The third kappa shape index (κ3) is 2.56.